The first-order valence-corrected chi connectivity index (χ1v) is 5.27. The van der Waals surface area contributed by atoms with Gasteiger partial charge < -0.3 is 5.32 Å². The van der Waals surface area contributed by atoms with E-state index in [4.69, 9.17) is 0 Å². The van der Waals surface area contributed by atoms with Gasteiger partial charge in [-0.05, 0) is 25.5 Å². The molecule has 2 N–H and O–H groups in total. The molecule has 94 valence electrons. The number of H-pyrrole nitrogens is 1. The second kappa shape index (κ2) is 4.56. The van der Waals surface area contributed by atoms with Crippen molar-refractivity contribution in [1.29, 1.82) is 0 Å². The van der Waals surface area contributed by atoms with Gasteiger partial charge in [0.05, 0.1) is 0 Å². The van der Waals surface area contributed by atoms with Crippen molar-refractivity contribution in [3.63, 3.8) is 0 Å². The lowest BCUT2D eigenvalue weighted by molar-refractivity contribution is 0.101. The summed E-state index contributed by atoms with van der Waals surface area (Å²) in [5.41, 5.74) is 0.339. The van der Waals surface area contributed by atoms with Gasteiger partial charge in [0.1, 0.15) is 17.2 Å². The van der Waals surface area contributed by atoms with E-state index in [2.05, 4.69) is 15.5 Å². The van der Waals surface area contributed by atoms with Crippen molar-refractivity contribution in [3.8, 4) is 0 Å². The van der Waals surface area contributed by atoms with Gasteiger partial charge in [0, 0.05) is 11.8 Å². The van der Waals surface area contributed by atoms with Crippen LogP contribution in [0.3, 0.4) is 0 Å². The maximum Gasteiger partial charge on any atom is 0.262 e. The Hall–Kier alpha value is -2.24. The molecule has 0 atom stereocenters. The van der Waals surface area contributed by atoms with Crippen LogP contribution in [-0.4, -0.2) is 16.1 Å². The lowest BCUT2D eigenvalue weighted by Crippen LogP contribution is -2.16. The highest BCUT2D eigenvalue weighted by Crippen LogP contribution is 2.17. The molecule has 2 aromatic rings. The minimum absolute atomic E-state index is 0.208. The summed E-state index contributed by atoms with van der Waals surface area (Å²) in [6.07, 6.45) is 0. The number of aromatic amines is 1. The molecular formula is C12H11F2N3O. The molecule has 0 fully saturated rings. The molecule has 1 amide bonds. The average Bonchev–Trinajstić information content (AvgIpc) is 2.70. The Morgan fingerprint density at radius 2 is 2.06 bits per heavy atom. The predicted molar refractivity (Wildman–Crippen MR) is 62.4 cm³/mol. The van der Waals surface area contributed by atoms with Crippen molar-refractivity contribution in [2.75, 3.05) is 5.32 Å². The first kappa shape index (κ1) is 12.2. The molecule has 0 radical (unpaired) electrons. The summed E-state index contributed by atoms with van der Waals surface area (Å²) in [6, 6.07) is 3.90. The number of amides is 1. The van der Waals surface area contributed by atoms with Crippen molar-refractivity contribution in [3.05, 3.63) is 46.7 Å². The van der Waals surface area contributed by atoms with Crippen LogP contribution < -0.4 is 5.32 Å². The highest BCUT2D eigenvalue weighted by molar-refractivity contribution is 6.04. The van der Waals surface area contributed by atoms with Crippen LogP contribution in [0.1, 0.15) is 21.6 Å². The normalized spacial score (nSPS) is 10.4. The van der Waals surface area contributed by atoms with Crippen molar-refractivity contribution in [2.24, 2.45) is 0 Å². The summed E-state index contributed by atoms with van der Waals surface area (Å²) >= 11 is 0. The molecule has 0 saturated heterocycles. The fourth-order valence-corrected chi connectivity index (χ4v) is 1.53. The Bertz CT molecular complexity index is 607. The monoisotopic (exact) mass is 251 g/mol. The molecule has 4 nitrogen and oxygen atoms in total. The zero-order valence-electron chi connectivity index (χ0n) is 9.84. The number of aryl methyl sites for hydroxylation is 2. The third-order valence-electron chi connectivity index (χ3n) is 2.46. The summed E-state index contributed by atoms with van der Waals surface area (Å²) in [6.45, 7) is 3.21. The van der Waals surface area contributed by atoms with E-state index in [9.17, 15) is 13.6 Å². The van der Waals surface area contributed by atoms with Crippen LogP contribution in [0.4, 0.5) is 14.6 Å². The van der Waals surface area contributed by atoms with Gasteiger partial charge in [-0.15, -0.1) is 0 Å². The van der Waals surface area contributed by atoms with Crippen LogP contribution in [0.25, 0.3) is 0 Å². The van der Waals surface area contributed by atoms with Gasteiger partial charge >= 0.3 is 0 Å². The van der Waals surface area contributed by atoms with Gasteiger partial charge in [0.25, 0.3) is 5.91 Å². The number of anilines is 1. The fraction of sp³-hybridized carbons (Fsp3) is 0.167. The summed E-state index contributed by atoms with van der Waals surface area (Å²) < 4.78 is 27.2. The van der Waals surface area contributed by atoms with Crippen LogP contribution in [0.5, 0.6) is 0 Å². The largest absolute Gasteiger partial charge is 0.305 e. The first-order chi connectivity index (χ1) is 8.49. The number of benzene rings is 1. The molecule has 0 bridgehead atoms. The van der Waals surface area contributed by atoms with E-state index in [0.29, 0.717) is 0 Å². The summed E-state index contributed by atoms with van der Waals surface area (Å²) in [5, 5.41) is 8.70. The van der Waals surface area contributed by atoms with E-state index in [1.807, 2.05) is 0 Å². The van der Waals surface area contributed by atoms with Gasteiger partial charge in [-0.3, -0.25) is 9.89 Å². The molecule has 0 saturated carbocycles. The van der Waals surface area contributed by atoms with E-state index < -0.39 is 23.1 Å². The summed E-state index contributed by atoms with van der Waals surface area (Å²) in [4.78, 5) is 11.8. The number of nitrogens with zero attached hydrogens (tertiary/aromatic N) is 1. The van der Waals surface area contributed by atoms with Crippen molar-refractivity contribution in [1.82, 2.24) is 10.2 Å². The lowest BCUT2D eigenvalue weighted by atomic mass is 10.1. The molecule has 0 aliphatic rings. The zero-order chi connectivity index (χ0) is 13.3. The van der Waals surface area contributed by atoms with E-state index in [-0.39, 0.29) is 11.4 Å². The molecule has 0 unspecified atom stereocenters. The third-order valence-corrected chi connectivity index (χ3v) is 2.46. The molecule has 2 rings (SSSR count). The maximum absolute atomic E-state index is 13.7. The van der Waals surface area contributed by atoms with Crippen molar-refractivity contribution in [2.45, 2.75) is 13.8 Å². The van der Waals surface area contributed by atoms with Crippen LogP contribution >= 0.6 is 0 Å². The molecule has 0 aliphatic heterocycles. The van der Waals surface area contributed by atoms with Crippen LogP contribution in [0.2, 0.25) is 0 Å². The van der Waals surface area contributed by atoms with E-state index >= 15 is 0 Å². The number of carbonyl (C=O) groups is 1. The average molecular weight is 251 g/mol. The Kier molecular flexibility index (Phi) is 3.10. The van der Waals surface area contributed by atoms with Crippen LogP contribution in [0.15, 0.2) is 18.2 Å². The van der Waals surface area contributed by atoms with Gasteiger partial charge in [-0.2, -0.15) is 5.10 Å². The minimum atomic E-state index is -0.900. The van der Waals surface area contributed by atoms with Crippen molar-refractivity contribution >= 4 is 11.7 Å². The highest BCUT2D eigenvalue weighted by Gasteiger charge is 2.19. The third kappa shape index (κ3) is 2.22. The molecule has 1 heterocycles. The number of rotatable bonds is 2. The Morgan fingerprint density at radius 3 is 2.67 bits per heavy atom. The first-order valence-electron chi connectivity index (χ1n) is 5.27. The Balaban J connectivity index is 2.32. The van der Waals surface area contributed by atoms with E-state index in [1.54, 1.807) is 13.0 Å². The van der Waals surface area contributed by atoms with Crippen LogP contribution in [0, 0.1) is 25.5 Å². The standard InChI is InChI=1S/C12H11F2N3O/c1-6-3-4-8(13)10(11(6)14)12(18)15-9-5-7(2)16-17-9/h3-5H,1-2H3,(H2,15,16,17,18). The molecule has 18 heavy (non-hydrogen) atoms. The number of aromatic nitrogens is 2. The quantitative estimate of drug-likeness (QED) is 0.861. The van der Waals surface area contributed by atoms with Gasteiger partial charge in [0.15, 0.2) is 5.82 Å². The molecule has 1 aromatic heterocycles. The number of hydrogen-bond acceptors (Lipinski definition) is 2. The van der Waals surface area contributed by atoms with E-state index in [0.717, 1.165) is 11.8 Å². The Morgan fingerprint density at radius 1 is 1.33 bits per heavy atom. The number of hydrogen-bond donors (Lipinski definition) is 2. The lowest BCUT2D eigenvalue weighted by Gasteiger charge is -2.06. The smallest absolute Gasteiger partial charge is 0.262 e. The van der Waals surface area contributed by atoms with Gasteiger partial charge in [-0.1, -0.05) is 6.07 Å². The molecule has 6 heteroatoms. The zero-order valence-corrected chi connectivity index (χ0v) is 9.84. The molecule has 0 spiro atoms. The fourth-order valence-electron chi connectivity index (χ4n) is 1.53. The van der Waals surface area contributed by atoms with Crippen molar-refractivity contribution < 1.29 is 13.6 Å². The summed E-state index contributed by atoms with van der Waals surface area (Å²) in [5.74, 6) is -2.40. The molecule has 0 aliphatic carbocycles. The van der Waals surface area contributed by atoms with Gasteiger partial charge in [0.2, 0.25) is 0 Å². The topological polar surface area (TPSA) is 57.8 Å². The molecular weight excluding hydrogens is 240 g/mol. The van der Waals surface area contributed by atoms with Crippen LogP contribution in [-0.2, 0) is 0 Å². The number of nitrogens with one attached hydrogen (secondary N) is 2. The number of halogens is 2. The second-order valence-electron chi connectivity index (χ2n) is 3.94. The van der Waals surface area contributed by atoms with Gasteiger partial charge in [-0.25, -0.2) is 8.78 Å². The predicted octanol–water partition coefficient (Wildman–Crippen LogP) is 2.56. The Labute approximate surface area is 102 Å². The maximum atomic E-state index is 13.7. The van der Waals surface area contributed by atoms with E-state index in [1.165, 1.54) is 13.0 Å². The highest BCUT2D eigenvalue weighted by atomic mass is 19.1. The second-order valence-corrected chi connectivity index (χ2v) is 3.94. The SMILES string of the molecule is Cc1cc(NC(=O)c2c(F)ccc(C)c2F)n[nH]1. The summed E-state index contributed by atoms with van der Waals surface area (Å²) in [7, 11) is 0. The minimum Gasteiger partial charge on any atom is -0.305 e. The molecule has 1 aromatic carbocycles. The number of carbonyl (C=O) groups excluding carboxylic acids is 1.